The maximum atomic E-state index is 13.4. The van der Waals surface area contributed by atoms with Crippen LogP contribution in [0.15, 0.2) is 23.1 Å². The summed E-state index contributed by atoms with van der Waals surface area (Å²) >= 11 is 5.00. The molecule has 22 heavy (non-hydrogen) atoms. The highest BCUT2D eigenvalue weighted by Gasteiger charge is 2.20. The maximum absolute atomic E-state index is 13.4. The summed E-state index contributed by atoms with van der Waals surface area (Å²) in [6.45, 7) is 0. The molecule has 0 aliphatic carbocycles. The van der Waals surface area contributed by atoms with Crippen molar-refractivity contribution in [3.05, 3.63) is 39.0 Å². The normalized spacial score (nSPS) is 11.5. The minimum Gasteiger partial charge on any atom is -0.306 e. The molecule has 0 aliphatic rings. The van der Waals surface area contributed by atoms with E-state index in [4.69, 9.17) is 12.2 Å². The summed E-state index contributed by atoms with van der Waals surface area (Å²) in [5, 5.41) is 3.99. The Kier molecular flexibility index (Phi) is 3.36. The standard InChI is InChI=1S/C13H11F2N5OS/c1-19-4-3-7(18-19)8-5-6(10(14)15)9-11(16-8)20(2)13(22)17-12(9)21/h3-5,10H,1-2H3,(H,17,21,22). The van der Waals surface area contributed by atoms with E-state index in [0.717, 1.165) is 0 Å². The molecule has 0 saturated heterocycles. The van der Waals surface area contributed by atoms with Gasteiger partial charge in [-0.3, -0.25) is 14.5 Å². The quantitative estimate of drug-likeness (QED) is 0.735. The largest absolute Gasteiger partial charge is 0.306 e. The van der Waals surface area contributed by atoms with E-state index >= 15 is 0 Å². The topological polar surface area (TPSA) is 68.5 Å². The van der Waals surface area contributed by atoms with Gasteiger partial charge in [0.2, 0.25) is 0 Å². The predicted molar refractivity (Wildman–Crippen MR) is 79.3 cm³/mol. The number of nitrogens with one attached hydrogen (secondary N) is 1. The lowest BCUT2D eigenvalue weighted by Crippen LogP contribution is -2.16. The molecule has 0 radical (unpaired) electrons. The third-order valence-corrected chi connectivity index (χ3v) is 3.69. The van der Waals surface area contributed by atoms with Gasteiger partial charge in [0.1, 0.15) is 11.3 Å². The molecule has 0 bridgehead atoms. The predicted octanol–water partition coefficient (Wildman–Crippen LogP) is 2.33. The number of rotatable bonds is 2. The van der Waals surface area contributed by atoms with Crippen LogP contribution in [0.5, 0.6) is 0 Å². The van der Waals surface area contributed by atoms with E-state index in [-0.39, 0.29) is 21.5 Å². The van der Waals surface area contributed by atoms with Gasteiger partial charge in [-0.05, 0) is 24.4 Å². The summed E-state index contributed by atoms with van der Waals surface area (Å²) in [7, 11) is 3.27. The van der Waals surface area contributed by atoms with Crippen molar-refractivity contribution in [1.82, 2.24) is 24.3 Å². The third kappa shape index (κ3) is 2.23. The molecule has 3 rings (SSSR count). The van der Waals surface area contributed by atoms with Gasteiger partial charge in [-0.15, -0.1) is 0 Å². The van der Waals surface area contributed by atoms with Crippen molar-refractivity contribution in [2.45, 2.75) is 6.43 Å². The Labute approximate surface area is 128 Å². The molecular weight excluding hydrogens is 312 g/mol. The highest BCUT2D eigenvalue weighted by atomic mass is 32.1. The van der Waals surface area contributed by atoms with Crippen molar-refractivity contribution in [2.24, 2.45) is 14.1 Å². The van der Waals surface area contributed by atoms with Gasteiger partial charge in [0, 0.05) is 25.9 Å². The molecule has 0 spiro atoms. The molecule has 0 saturated carbocycles. The van der Waals surface area contributed by atoms with Crippen LogP contribution in [0.3, 0.4) is 0 Å². The lowest BCUT2D eigenvalue weighted by Gasteiger charge is -2.10. The lowest BCUT2D eigenvalue weighted by atomic mass is 10.1. The Morgan fingerprint density at radius 2 is 2.05 bits per heavy atom. The van der Waals surface area contributed by atoms with Crippen molar-refractivity contribution in [1.29, 1.82) is 0 Å². The molecule has 0 amide bonds. The fourth-order valence-corrected chi connectivity index (χ4v) is 2.40. The first-order chi connectivity index (χ1) is 10.4. The average Bonchev–Trinajstić information content (AvgIpc) is 2.90. The van der Waals surface area contributed by atoms with Gasteiger partial charge in [-0.2, -0.15) is 5.10 Å². The molecular formula is C13H11F2N5OS. The molecule has 0 fully saturated rings. The summed E-state index contributed by atoms with van der Waals surface area (Å²) in [5.41, 5.74) is -0.255. The van der Waals surface area contributed by atoms with Gasteiger partial charge in [0.15, 0.2) is 4.77 Å². The van der Waals surface area contributed by atoms with Gasteiger partial charge in [0.05, 0.1) is 11.1 Å². The molecule has 0 unspecified atom stereocenters. The Morgan fingerprint density at radius 3 is 2.64 bits per heavy atom. The van der Waals surface area contributed by atoms with Crippen molar-refractivity contribution < 1.29 is 8.78 Å². The fraction of sp³-hybridized carbons (Fsp3) is 0.231. The van der Waals surface area contributed by atoms with E-state index in [2.05, 4.69) is 15.1 Å². The van der Waals surface area contributed by atoms with Gasteiger partial charge in [-0.25, -0.2) is 13.8 Å². The van der Waals surface area contributed by atoms with Crippen LogP contribution < -0.4 is 5.56 Å². The van der Waals surface area contributed by atoms with Gasteiger partial charge in [0.25, 0.3) is 12.0 Å². The van der Waals surface area contributed by atoms with Crippen LogP contribution in [0.4, 0.5) is 8.78 Å². The number of aryl methyl sites for hydroxylation is 2. The van der Waals surface area contributed by atoms with Crippen LogP contribution in [0.25, 0.3) is 22.4 Å². The Balaban J connectivity index is 2.46. The van der Waals surface area contributed by atoms with Crippen LogP contribution in [-0.2, 0) is 14.1 Å². The van der Waals surface area contributed by atoms with Crippen LogP contribution in [-0.4, -0.2) is 24.3 Å². The number of pyridine rings is 1. The molecule has 6 nitrogen and oxygen atoms in total. The number of hydrogen-bond donors (Lipinski definition) is 1. The van der Waals surface area contributed by atoms with Crippen LogP contribution in [0.1, 0.15) is 12.0 Å². The number of aromatic nitrogens is 5. The first-order valence-electron chi connectivity index (χ1n) is 6.30. The molecule has 3 aromatic heterocycles. The smallest absolute Gasteiger partial charge is 0.264 e. The van der Waals surface area contributed by atoms with E-state index in [1.165, 1.54) is 10.6 Å². The minimum absolute atomic E-state index is 0.104. The van der Waals surface area contributed by atoms with E-state index in [1.807, 2.05) is 0 Å². The fourth-order valence-electron chi connectivity index (χ4n) is 2.22. The zero-order valence-corrected chi connectivity index (χ0v) is 12.5. The van der Waals surface area contributed by atoms with Crippen molar-refractivity contribution in [3.63, 3.8) is 0 Å². The maximum Gasteiger partial charge on any atom is 0.264 e. The van der Waals surface area contributed by atoms with E-state index in [1.54, 1.807) is 31.0 Å². The average molecular weight is 323 g/mol. The summed E-state index contributed by atoms with van der Waals surface area (Å²) in [6.07, 6.45) is -1.13. The zero-order chi connectivity index (χ0) is 16.0. The Morgan fingerprint density at radius 1 is 1.32 bits per heavy atom. The highest BCUT2D eigenvalue weighted by molar-refractivity contribution is 7.71. The first kappa shape index (κ1) is 14.5. The van der Waals surface area contributed by atoms with Crippen LogP contribution in [0.2, 0.25) is 0 Å². The number of H-pyrrole nitrogens is 1. The number of alkyl halides is 2. The Bertz CT molecular complexity index is 988. The summed E-state index contributed by atoms with van der Waals surface area (Å²) in [6, 6.07) is 2.85. The Hall–Kier alpha value is -2.42. The zero-order valence-electron chi connectivity index (χ0n) is 11.7. The molecule has 9 heteroatoms. The van der Waals surface area contributed by atoms with Gasteiger partial charge >= 0.3 is 0 Å². The number of halogens is 2. The molecule has 0 aliphatic heterocycles. The van der Waals surface area contributed by atoms with Crippen molar-refractivity contribution in [3.8, 4) is 11.4 Å². The number of fused-ring (bicyclic) bond motifs is 1. The molecule has 0 atom stereocenters. The molecule has 3 heterocycles. The van der Waals surface area contributed by atoms with E-state index < -0.39 is 17.5 Å². The SMILES string of the molecule is Cn1ccc(-c2cc(C(F)F)c3c(=O)[nH]c(=S)n(C)c3n2)n1. The van der Waals surface area contributed by atoms with Gasteiger partial charge < -0.3 is 4.57 Å². The second-order valence-electron chi connectivity index (χ2n) is 4.79. The van der Waals surface area contributed by atoms with Crippen molar-refractivity contribution >= 4 is 23.3 Å². The minimum atomic E-state index is -2.81. The van der Waals surface area contributed by atoms with Crippen LogP contribution >= 0.6 is 12.2 Å². The first-order valence-corrected chi connectivity index (χ1v) is 6.71. The molecule has 1 N–H and O–H groups in total. The molecule has 114 valence electrons. The number of nitrogens with zero attached hydrogens (tertiary/aromatic N) is 4. The number of hydrogen-bond acceptors (Lipinski definition) is 4. The highest BCUT2D eigenvalue weighted by Crippen LogP contribution is 2.28. The second kappa shape index (κ2) is 5.09. The summed E-state index contributed by atoms with van der Waals surface area (Å²) in [5.74, 6) is 0. The second-order valence-corrected chi connectivity index (χ2v) is 5.18. The van der Waals surface area contributed by atoms with E-state index in [0.29, 0.717) is 5.69 Å². The van der Waals surface area contributed by atoms with E-state index in [9.17, 15) is 13.6 Å². The molecule has 0 aromatic carbocycles. The lowest BCUT2D eigenvalue weighted by molar-refractivity contribution is 0.153. The molecule has 3 aromatic rings. The summed E-state index contributed by atoms with van der Waals surface area (Å²) in [4.78, 5) is 18.7. The van der Waals surface area contributed by atoms with Gasteiger partial charge in [-0.1, -0.05) is 0 Å². The van der Waals surface area contributed by atoms with Crippen LogP contribution in [0, 0.1) is 4.77 Å². The third-order valence-electron chi connectivity index (χ3n) is 3.31. The monoisotopic (exact) mass is 323 g/mol. The summed E-state index contributed by atoms with van der Waals surface area (Å²) < 4.78 is 29.8. The number of aromatic amines is 1. The van der Waals surface area contributed by atoms with Crippen molar-refractivity contribution in [2.75, 3.05) is 0 Å².